The van der Waals surface area contributed by atoms with Crippen LogP contribution in [0.25, 0.3) is 0 Å². The predicted octanol–water partition coefficient (Wildman–Crippen LogP) is 3.11. The molecule has 1 rings (SSSR count). The Morgan fingerprint density at radius 2 is 2.07 bits per heavy atom. The monoisotopic (exact) mass is 195 g/mol. The van der Waals surface area contributed by atoms with Crippen molar-refractivity contribution in [3.63, 3.8) is 0 Å². The highest BCUT2D eigenvalue weighted by Crippen LogP contribution is 2.19. The molecule has 0 amide bonds. The Labute approximate surface area is 86.7 Å². The third kappa shape index (κ3) is 2.88. The molecule has 0 spiro atoms. The van der Waals surface area contributed by atoms with Gasteiger partial charge in [0, 0.05) is 6.04 Å². The second kappa shape index (κ2) is 4.18. The Bertz CT molecular complexity index is 283. The van der Waals surface area contributed by atoms with E-state index in [-0.39, 0.29) is 0 Å². The molecule has 0 aliphatic heterocycles. The molecule has 1 atom stereocenters. The van der Waals surface area contributed by atoms with E-state index in [1.54, 1.807) is 6.26 Å². The molecule has 1 aromatic heterocycles. The van der Waals surface area contributed by atoms with E-state index in [9.17, 15) is 0 Å². The first kappa shape index (κ1) is 11.3. The van der Waals surface area contributed by atoms with Crippen molar-refractivity contribution in [2.75, 3.05) is 0 Å². The van der Waals surface area contributed by atoms with Gasteiger partial charge < -0.3 is 9.73 Å². The molecule has 0 saturated heterocycles. The van der Waals surface area contributed by atoms with Crippen molar-refractivity contribution in [1.82, 2.24) is 5.32 Å². The Hall–Kier alpha value is -0.760. The van der Waals surface area contributed by atoms with Crippen LogP contribution in [-0.2, 0) is 6.54 Å². The second-order valence-corrected chi connectivity index (χ2v) is 5.00. The van der Waals surface area contributed by atoms with Crippen LogP contribution in [0.3, 0.4) is 0 Å². The van der Waals surface area contributed by atoms with Gasteiger partial charge in [0.25, 0.3) is 0 Å². The highest BCUT2D eigenvalue weighted by Gasteiger charge is 2.19. The van der Waals surface area contributed by atoms with Crippen LogP contribution in [0.4, 0.5) is 0 Å². The third-order valence-corrected chi connectivity index (χ3v) is 2.84. The summed E-state index contributed by atoms with van der Waals surface area (Å²) in [4.78, 5) is 0. The first-order chi connectivity index (χ1) is 6.41. The summed E-state index contributed by atoms with van der Waals surface area (Å²) in [7, 11) is 0. The summed E-state index contributed by atoms with van der Waals surface area (Å²) in [6, 6.07) is 2.48. The third-order valence-electron chi connectivity index (χ3n) is 2.84. The number of aryl methyl sites for hydroxylation is 1. The van der Waals surface area contributed by atoms with Crippen molar-refractivity contribution >= 4 is 0 Å². The zero-order chi connectivity index (χ0) is 10.8. The molecule has 2 nitrogen and oxygen atoms in total. The molecule has 80 valence electrons. The van der Waals surface area contributed by atoms with Crippen molar-refractivity contribution in [2.24, 2.45) is 5.41 Å². The van der Waals surface area contributed by atoms with E-state index in [1.165, 1.54) is 5.56 Å². The Morgan fingerprint density at radius 3 is 2.50 bits per heavy atom. The van der Waals surface area contributed by atoms with Crippen molar-refractivity contribution in [2.45, 2.75) is 47.2 Å². The molecule has 0 aromatic carbocycles. The van der Waals surface area contributed by atoms with E-state index in [1.807, 2.05) is 6.07 Å². The van der Waals surface area contributed by atoms with Gasteiger partial charge in [0.05, 0.1) is 12.8 Å². The van der Waals surface area contributed by atoms with Crippen molar-refractivity contribution in [3.8, 4) is 0 Å². The molecule has 1 heterocycles. The molecule has 2 heteroatoms. The summed E-state index contributed by atoms with van der Waals surface area (Å²) in [5.41, 5.74) is 1.51. The Kier molecular flexibility index (Phi) is 3.38. The van der Waals surface area contributed by atoms with Crippen LogP contribution in [-0.4, -0.2) is 6.04 Å². The standard InChI is InChI=1S/C12H21NO/c1-9-6-7-14-11(9)8-13-10(2)12(3,4)5/h6-7,10,13H,8H2,1-5H3. The van der Waals surface area contributed by atoms with Gasteiger partial charge in [-0.3, -0.25) is 0 Å². The average Bonchev–Trinajstić information content (AvgIpc) is 2.45. The fourth-order valence-electron chi connectivity index (χ4n) is 1.14. The van der Waals surface area contributed by atoms with Gasteiger partial charge in [-0.2, -0.15) is 0 Å². The van der Waals surface area contributed by atoms with Crippen LogP contribution in [0.1, 0.15) is 39.0 Å². The van der Waals surface area contributed by atoms with Crippen LogP contribution in [0, 0.1) is 12.3 Å². The summed E-state index contributed by atoms with van der Waals surface area (Å²) in [5, 5.41) is 3.47. The van der Waals surface area contributed by atoms with Crippen LogP contribution >= 0.6 is 0 Å². The number of hydrogen-bond acceptors (Lipinski definition) is 2. The molecule has 14 heavy (non-hydrogen) atoms. The van der Waals surface area contributed by atoms with Gasteiger partial charge in [-0.1, -0.05) is 20.8 Å². The summed E-state index contributed by atoms with van der Waals surface area (Å²) in [6.07, 6.45) is 1.74. The maximum absolute atomic E-state index is 5.36. The fraction of sp³-hybridized carbons (Fsp3) is 0.667. The minimum absolute atomic E-state index is 0.292. The maximum atomic E-state index is 5.36. The number of rotatable bonds is 3. The molecular formula is C12H21NO. The van der Waals surface area contributed by atoms with Gasteiger partial charge in [0.2, 0.25) is 0 Å². The molecule has 0 fully saturated rings. The van der Waals surface area contributed by atoms with Crippen molar-refractivity contribution < 1.29 is 4.42 Å². The van der Waals surface area contributed by atoms with Gasteiger partial charge >= 0.3 is 0 Å². The lowest BCUT2D eigenvalue weighted by Gasteiger charge is -2.27. The maximum Gasteiger partial charge on any atom is 0.120 e. The van der Waals surface area contributed by atoms with Gasteiger partial charge in [0.15, 0.2) is 0 Å². The lowest BCUT2D eigenvalue weighted by atomic mass is 9.88. The zero-order valence-corrected chi connectivity index (χ0v) is 9.85. The highest BCUT2D eigenvalue weighted by atomic mass is 16.3. The number of hydrogen-bond donors (Lipinski definition) is 1. The normalized spacial score (nSPS) is 14.4. The van der Waals surface area contributed by atoms with Gasteiger partial charge in [-0.25, -0.2) is 0 Å². The summed E-state index contributed by atoms with van der Waals surface area (Å²) in [6.45, 7) is 11.8. The molecule has 0 radical (unpaired) electrons. The molecule has 1 N–H and O–H groups in total. The van der Waals surface area contributed by atoms with Gasteiger partial charge in [0.1, 0.15) is 5.76 Å². The quantitative estimate of drug-likeness (QED) is 0.801. The van der Waals surface area contributed by atoms with E-state index < -0.39 is 0 Å². The smallest absolute Gasteiger partial charge is 0.120 e. The Balaban J connectivity index is 2.46. The SMILES string of the molecule is Cc1ccoc1CNC(C)C(C)(C)C. The fourth-order valence-corrected chi connectivity index (χ4v) is 1.14. The summed E-state index contributed by atoms with van der Waals surface area (Å²) < 4.78 is 5.36. The molecule has 0 aliphatic carbocycles. The molecular weight excluding hydrogens is 174 g/mol. The van der Waals surface area contributed by atoms with E-state index >= 15 is 0 Å². The molecule has 0 bridgehead atoms. The van der Waals surface area contributed by atoms with Gasteiger partial charge in [-0.05, 0) is 30.9 Å². The topological polar surface area (TPSA) is 25.2 Å². The van der Waals surface area contributed by atoms with Crippen LogP contribution < -0.4 is 5.32 Å². The van der Waals surface area contributed by atoms with Crippen LogP contribution in [0.5, 0.6) is 0 Å². The highest BCUT2D eigenvalue weighted by molar-refractivity contribution is 5.14. The summed E-state index contributed by atoms with van der Waals surface area (Å²) >= 11 is 0. The average molecular weight is 195 g/mol. The Morgan fingerprint density at radius 1 is 1.43 bits per heavy atom. The first-order valence-electron chi connectivity index (χ1n) is 5.17. The summed E-state index contributed by atoms with van der Waals surface area (Å²) in [5.74, 6) is 1.04. The minimum atomic E-state index is 0.292. The van der Waals surface area contributed by atoms with E-state index in [0.717, 1.165) is 12.3 Å². The lowest BCUT2D eigenvalue weighted by Crippen LogP contribution is -2.37. The molecule has 0 aliphatic rings. The molecule has 0 saturated carbocycles. The lowest BCUT2D eigenvalue weighted by molar-refractivity contribution is 0.278. The first-order valence-corrected chi connectivity index (χ1v) is 5.17. The zero-order valence-electron chi connectivity index (χ0n) is 9.85. The molecule has 1 aromatic rings. The van der Waals surface area contributed by atoms with E-state index in [2.05, 4.69) is 39.9 Å². The van der Waals surface area contributed by atoms with E-state index in [4.69, 9.17) is 4.42 Å². The molecule has 1 unspecified atom stereocenters. The van der Waals surface area contributed by atoms with E-state index in [0.29, 0.717) is 11.5 Å². The minimum Gasteiger partial charge on any atom is -0.468 e. The van der Waals surface area contributed by atoms with Crippen molar-refractivity contribution in [1.29, 1.82) is 0 Å². The largest absolute Gasteiger partial charge is 0.468 e. The number of furan rings is 1. The second-order valence-electron chi connectivity index (χ2n) is 5.00. The predicted molar refractivity (Wildman–Crippen MR) is 59.2 cm³/mol. The van der Waals surface area contributed by atoms with Crippen LogP contribution in [0.15, 0.2) is 16.7 Å². The van der Waals surface area contributed by atoms with Crippen LogP contribution in [0.2, 0.25) is 0 Å². The number of nitrogens with one attached hydrogen (secondary N) is 1. The van der Waals surface area contributed by atoms with Crippen molar-refractivity contribution in [3.05, 3.63) is 23.7 Å². The van der Waals surface area contributed by atoms with Gasteiger partial charge in [-0.15, -0.1) is 0 Å².